The Morgan fingerprint density at radius 2 is 1.62 bits per heavy atom. The summed E-state index contributed by atoms with van der Waals surface area (Å²) < 4.78 is 35.4. The molecule has 0 fully saturated rings. The van der Waals surface area contributed by atoms with Gasteiger partial charge in [0.05, 0.1) is 11.4 Å². The van der Waals surface area contributed by atoms with Crippen molar-refractivity contribution in [1.29, 1.82) is 0 Å². The molecule has 0 atom stereocenters. The fourth-order valence-corrected chi connectivity index (χ4v) is 2.37. The first kappa shape index (κ1) is 15.2. The molecule has 0 radical (unpaired) electrons. The molecule has 2 aromatic carbocycles. The molecule has 0 aliphatic rings. The molecule has 21 heavy (non-hydrogen) atoms. The number of sulfone groups is 1. The first-order valence-corrected chi connectivity index (χ1v) is 8.08. The van der Waals surface area contributed by atoms with Crippen molar-refractivity contribution in [3.8, 4) is 0 Å². The van der Waals surface area contributed by atoms with Gasteiger partial charge in [0, 0.05) is 17.5 Å². The summed E-state index contributed by atoms with van der Waals surface area (Å²) in [7, 11) is -3.27. The highest BCUT2D eigenvalue weighted by molar-refractivity contribution is 7.90. The van der Waals surface area contributed by atoms with Gasteiger partial charge in [0.25, 0.3) is 0 Å². The lowest BCUT2D eigenvalue weighted by atomic mass is 10.1. The second kappa shape index (κ2) is 6.05. The maximum absolute atomic E-state index is 12.7. The van der Waals surface area contributed by atoms with Crippen molar-refractivity contribution in [2.24, 2.45) is 0 Å². The van der Waals surface area contributed by atoms with E-state index in [2.05, 4.69) is 5.32 Å². The Kier molecular flexibility index (Phi) is 4.37. The van der Waals surface area contributed by atoms with Gasteiger partial charge in [-0.2, -0.15) is 0 Å². The Hall–Kier alpha value is -2.21. The normalized spacial score (nSPS) is 11.1. The molecule has 0 unspecified atom stereocenters. The zero-order valence-corrected chi connectivity index (χ0v) is 12.2. The van der Waals surface area contributed by atoms with Crippen molar-refractivity contribution in [3.05, 3.63) is 59.9 Å². The van der Waals surface area contributed by atoms with E-state index in [4.69, 9.17) is 0 Å². The molecule has 0 saturated carbocycles. The minimum atomic E-state index is -3.27. The van der Waals surface area contributed by atoms with Crippen LogP contribution >= 0.6 is 0 Å². The summed E-state index contributed by atoms with van der Waals surface area (Å²) >= 11 is 0. The van der Waals surface area contributed by atoms with E-state index in [1.807, 2.05) is 0 Å². The molecule has 0 aromatic heterocycles. The number of carbonyl (C=O) groups is 1. The van der Waals surface area contributed by atoms with Crippen LogP contribution in [0.1, 0.15) is 10.4 Å². The highest BCUT2D eigenvalue weighted by Gasteiger charge is 2.09. The van der Waals surface area contributed by atoms with E-state index >= 15 is 0 Å². The zero-order chi connectivity index (χ0) is 15.5. The monoisotopic (exact) mass is 307 g/mol. The second-order valence-corrected chi connectivity index (χ2v) is 6.60. The molecular formula is C15H14FNO3S. The molecule has 0 bridgehead atoms. The van der Waals surface area contributed by atoms with Crippen LogP contribution in [0.25, 0.3) is 0 Å². The summed E-state index contributed by atoms with van der Waals surface area (Å²) in [4.78, 5) is 12.1. The van der Waals surface area contributed by atoms with Gasteiger partial charge < -0.3 is 5.32 Å². The lowest BCUT2D eigenvalue weighted by Crippen LogP contribution is -2.14. The van der Waals surface area contributed by atoms with Crippen molar-refractivity contribution in [1.82, 2.24) is 0 Å². The Morgan fingerprint density at radius 1 is 1.05 bits per heavy atom. The molecule has 110 valence electrons. The number of halogens is 1. The van der Waals surface area contributed by atoms with Crippen LogP contribution in [-0.2, 0) is 9.84 Å². The third-order valence-electron chi connectivity index (χ3n) is 2.90. The number of carbonyl (C=O) groups excluding carboxylic acids is 1. The minimum Gasteiger partial charge on any atom is -0.378 e. The maximum Gasteiger partial charge on any atom is 0.181 e. The van der Waals surface area contributed by atoms with Crippen molar-refractivity contribution >= 4 is 21.3 Å². The summed E-state index contributed by atoms with van der Waals surface area (Å²) in [6.45, 7) is 0.0455. The van der Waals surface area contributed by atoms with Gasteiger partial charge in [0.2, 0.25) is 0 Å². The summed E-state index contributed by atoms with van der Waals surface area (Å²) in [5.41, 5.74) is 1.05. The summed E-state index contributed by atoms with van der Waals surface area (Å²) in [6.07, 6.45) is 1.11. The lowest BCUT2D eigenvalue weighted by Gasteiger charge is -2.06. The van der Waals surface area contributed by atoms with Crippen molar-refractivity contribution < 1.29 is 17.6 Å². The zero-order valence-electron chi connectivity index (χ0n) is 11.3. The average Bonchev–Trinajstić information content (AvgIpc) is 2.45. The topological polar surface area (TPSA) is 63.2 Å². The van der Waals surface area contributed by atoms with E-state index in [9.17, 15) is 17.6 Å². The van der Waals surface area contributed by atoms with Crippen LogP contribution in [0.3, 0.4) is 0 Å². The summed E-state index contributed by atoms with van der Waals surface area (Å²) in [5.74, 6) is -0.525. The Balaban J connectivity index is 2.02. The predicted octanol–water partition coefficient (Wildman–Crippen LogP) is 2.52. The molecule has 0 spiro atoms. The molecule has 2 rings (SSSR count). The van der Waals surface area contributed by atoms with E-state index in [1.54, 1.807) is 0 Å². The van der Waals surface area contributed by atoms with Crippen molar-refractivity contribution in [2.45, 2.75) is 4.90 Å². The molecule has 1 N–H and O–H groups in total. The number of benzene rings is 2. The number of hydrogen-bond acceptors (Lipinski definition) is 4. The van der Waals surface area contributed by atoms with Crippen molar-refractivity contribution in [3.63, 3.8) is 0 Å². The number of Topliss-reactive ketones (excluding diaryl/α,β-unsaturated/α-hetero) is 1. The molecule has 0 aliphatic heterocycles. The third-order valence-corrected chi connectivity index (χ3v) is 4.03. The van der Waals surface area contributed by atoms with Crippen LogP contribution in [0.15, 0.2) is 53.4 Å². The largest absolute Gasteiger partial charge is 0.378 e. The van der Waals surface area contributed by atoms with Gasteiger partial charge in [-0.15, -0.1) is 0 Å². The highest BCUT2D eigenvalue weighted by atomic mass is 32.2. The van der Waals surface area contributed by atoms with Crippen LogP contribution < -0.4 is 5.32 Å². The van der Waals surface area contributed by atoms with Gasteiger partial charge in [-0.05, 0) is 36.4 Å². The number of ketones is 1. The molecule has 4 nitrogen and oxygen atoms in total. The van der Waals surface area contributed by atoms with Crippen LogP contribution in [0.5, 0.6) is 0 Å². The maximum atomic E-state index is 12.7. The van der Waals surface area contributed by atoms with Crippen LogP contribution in [0.2, 0.25) is 0 Å². The summed E-state index contributed by atoms with van der Waals surface area (Å²) in [6, 6.07) is 11.4. The predicted molar refractivity (Wildman–Crippen MR) is 78.8 cm³/mol. The van der Waals surface area contributed by atoms with Gasteiger partial charge in [-0.1, -0.05) is 12.1 Å². The standard InChI is InChI=1S/C15H14FNO3S/c1-21(19,20)14-8-2-11(3-9-14)15(18)10-17-13-6-4-12(16)5-7-13/h2-9,17H,10H2,1H3. The first-order valence-electron chi connectivity index (χ1n) is 6.19. The van der Waals surface area contributed by atoms with Gasteiger partial charge >= 0.3 is 0 Å². The molecule has 0 amide bonds. The van der Waals surface area contributed by atoms with Crippen LogP contribution in [0, 0.1) is 5.82 Å². The van der Waals surface area contributed by atoms with Crippen molar-refractivity contribution in [2.75, 3.05) is 18.1 Å². The van der Waals surface area contributed by atoms with Crippen LogP contribution in [0.4, 0.5) is 10.1 Å². The number of rotatable bonds is 5. The Morgan fingerprint density at radius 3 is 2.14 bits per heavy atom. The minimum absolute atomic E-state index is 0.0455. The van der Waals surface area contributed by atoms with E-state index in [0.717, 1.165) is 6.26 Å². The SMILES string of the molecule is CS(=O)(=O)c1ccc(C(=O)CNc2ccc(F)cc2)cc1. The molecule has 0 heterocycles. The number of nitrogens with one attached hydrogen (secondary N) is 1. The number of hydrogen-bond donors (Lipinski definition) is 1. The smallest absolute Gasteiger partial charge is 0.181 e. The molecule has 0 aliphatic carbocycles. The molecular weight excluding hydrogens is 293 g/mol. The fourth-order valence-electron chi connectivity index (χ4n) is 1.74. The lowest BCUT2D eigenvalue weighted by molar-refractivity contribution is 0.101. The Bertz CT molecular complexity index is 737. The average molecular weight is 307 g/mol. The van der Waals surface area contributed by atoms with Gasteiger partial charge in [0.15, 0.2) is 15.6 Å². The van der Waals surface area contributed by atoms with E-state index in [0.29, 0.717) is 11.3 Å². The Labute approximate surface area is 122 Å². The quantitative estimate of drug-likeness (QED) is 0.862. The van der Waals surface area contributed by atoms with E-state index in [1.165, 1.54) is 48.5 Å². The molecule has 0 saturated heterocycles. The highest BCUT2D eigenvalue weighted by Crippen LogP contribution is 2.12. The van der Waals surface area contributed by atoms with E-state index < -0.39 is 9.84 Å². The van der Waals surface area contributed by atoms with Crippen LogP contribution in [-0.4, -0.2) is 27.0 Å². The molecule has 6 heteroatoms. The number of anilines is 1. The fraction of sp³-hybridized carbons (Fsp3) is 0.133. The second-order valence-electron chi connectivity index (χ2n) is 4.58. The third kappa shape index (κ3) is 4.13. The van der Waals surface area contributed by atoms with Gasteiger partial charge in [0.1, 0.15) is 5.82 Å². The van der Waals surface area contributed by atoms with Gasteiger partial charge in [-0.3, -0.25) is 4.79 Å². The first-order chi connectivity index (χ1) is 9.86. The van der Waals surface area contributed by atoms with E-state index in [-0.39, 0.29) is 23.0 Å². The summed E-state index contributed by atoms with van der Waals surface area (Å²) in [5, 5.41) is 2.88. The molecule has 2 aromatic rings. The van der Waals surface area contributed by atoms with Gasteiger partial charge in [-0.25, -0.2) is 12.8 Å².